The lowest BCUT2D eigenvalue weighted by Gasteiger charge is -2.19. The summed E-state index contributed by atoms with van der Waals surface area (Å²) in [6.45, 7) is 5.24. The quantitative estimate of drug-likeness (QED) is 0.551. The Kier molecular flexibility index (Phi) is 7.30. The van der Waals surface area contributed by atoms with Gasteiger partial charge in [-0.2, -0.15) is 0 Å². The highest BCUT2D eigenvalue weighted by Crippen LogP contribution is 2.24. The van der Waals surface area contributed by atoms with E-state index in [1.54, 1.807) is 0 Å². The molecule has 0 aromatic rings. The predicted molar refractivity (Wildman–Crippen MR) is 67.2 cm³/mol. The fourth-order valence-electron chi connectivity index (χ4n) is 1.40. The van der Waals surface area contributed by atoms with Crippen molar-refractivity contribution in [3.05, 3.63) is 0 Å². The Bertz CT molecular complexity index is 182. The lowest BCUT2D eigenvalue weighted by Crippen LogP contribution is -2.33. The standard InChI is InChI=1S/C10H19NO2S2/c1-2-13-7-3-4-10(12)11-5-8-14-15-9-6-11/h2-9H2,1H3. The molecule has 0 unspecified atom stereocenters. The first kappa shape index (κ1) is 13.2. The highest BCUT2D eigenvalue weighted by atomic mass is 33.1. The maximum atomic E-state index is 11.8. The second kappa shape index (κ2) is 8.30. The summed E-state index contributed by atoms with van der Waals surface area (Å²) in [4.78, 5) is 13.8. The fraction of sp³-hybridized carbons (Fsp3) is 0.900. The third kappa shape index (κ3) is 5.68. The second-order valence-electron chi connectivity index (χ2n) is 3.33. The minimum absolute atomic E-state index is 0.290. The van der Waals surface area contributed by atoms with E-state index in [-0.39, 0.29) is 5.91 Å². The molecular formula is C10H19NO2S2. The SMILES string of the molecule is CCOCCCC(=O)N1CCSSCC1. The van der Waals surface area contributed by atoms with Crippen LogP contribution in [0.15, 0.2) is 0 Å². The van der Waals surface area contributed by atoms with Crippen LogP contribution in [0.2, 0.25) is 0 Å². The summed E-state index contributed by atoms with van der Waals surface area (Å²) in [6, 6.07) is 0. The van der Waals surface area contributed by atoms with Gasteiger partial charge in [-0.15, -0.1) is 0 Å². The third-order valence-electron chi connectivity index (χ3n) is 2.21. The van der Waals surface area contributed by atoms with Gasteiger partial charge in [-0.25, -0.2) is 0 Å². The number of carbonyl (C=O) groups excluding carboxylic acids is 1. The van der Waals surface area contributed by atoms with Gasteiger partial charge in [-0.1, -0.05) is 21.6 Å². The molecule has 1 aliphatic heterocycles. The minimum atomic E-state index is 0.290. The molecule has 1 saturated heterocycles. The smallest absolute Gasteiger partial charge is 0.222 e. The van der Waals surface area contributed by atoms with Crippen LogP contribution in [0.4, 0.5) is 0 Å². The first-order chi connectivity index (χ1) is 7.34. The first-order valence-corrected chi connectivity index (χ1v) is 7.93. The molecule has 0 radical (unpaired) electrons. The summed E-state index contributed by atoms with van der Waals surface area (Å²) in [5.74, 6) is 2.40. The number of hydrogen-bond acceptors (Lipinski definition) is 4. The van der Waals surface area contributed by atoms with Gasteiger partial charge < -0.3 is 9.64 Å². The van der Waals surface area contributed by atoms with Crippen molar-refractivity contribution in [1.29, 1.82) is 0 Å². The van der Waals surface area contributed by atoms with Crippen LogP contribution in [0, 0.1) is 0 Å². The number of rotatable bonds is 5. The molecule has 0 aliphatic carbocycles. The lowest BCUT2D eigenvalue weighted by atomic mass is 10.3. The molecule has 3 nitrogen and oxygen atoms in total. The van der Waals surface area contributed by atoms with Gasteiger partial charge in [0.15, 0.2) is 0 Å². The number of nitrogens with zero attached hydrogens (tertiary/aromatic N) is 1. The normalized spacial score (nSPS) is 17.5. The van der Waals surface area contributed by atoms with Gasteiger partial charge in [0.25, 0.3) is 0 Å². The minimum Gasteiger partial charge on any atom is -0.382 e. The van der Waals surface area contributed by atoms with Gasteiger partial charge in [-0.3, -0.25) is 4.79 Å². The summed E-state index contributed by atoms with van der Waals surface area (Å²) >= 11 is 0. The average Bonchev–Trinajstić information content (AvgIpc) is 2.52. The Morgan fingerprint density at radius 3 is 2.60 bits per heavy atom. The van der Waals surface area contributed by atoms with E-state index in [9.17, 15) is 4.79 Å². The van der Waals surface area contributed by atoms with Crippen LogP contribution in [0.1, 0.15) is 19.8 Å². The van der Waals surface area contributed by atoms with Gasteiger partial charge in [0.05, 0.1) is 0 Å². The van der Waals surface area contributed by atoms with Crippen molar-refractivity contribution in [2.45, 2.75) is 19.8 Å². The van der Waals surface area contributed by atoms with E-state index in [0.717, 1.165) is 37.6 Å². The average molecular weight is 249 g/mol. The molecule has 0 atom stereocenters. The highest BCUT2D eigenvalue weighted by Gasteiger charge is 2.14. The number of ether oxygens (including phenoxy) is 1. The molecule has 1 rings (SSSR count). The zero-order valence-electron chi connectivity index (χ0n) is 9.24. The molecule has 15 heavy (non-hydrogen) atoms. The van der Waals surface area contributed by atoms with Crippen LogP contribution in [-0.2, 0) is 9.53 Å². The molecule has 0 aromatic heterocycles. The molecular weight excluding hydrogens is 230 g/mol. The fourth-order valence-corrected chi connectivity index (χ4v) is 3.38. The van der Waals surface area contributed by atoms with Crippen molar-refractivity contribution in [3.8, 4) is 0 Å². The third-order valence-corrected chi connectivity index (χ3v) is 4.57. The maximum absolute atomic E-state index is 11.8. The van der Waals surface area contributed by atoms with E-state index in [1.165, 1.54) is 0 Å². The van der Waals surface area contributed by atoms with E-state index in [4.69, 9.17) is 4.74 Å². The molecule has 1 aliphatic rings. The van der Waals surface area contributed by atoms with Gasteiger partial charge in [0.1, 0.15) is 0 Å². The number of hydrogen-bond donors (Lipinski definition) is 0. The van der Waals surface area contributed by atoms with Crippen molar-refractivity contribution >= 4 is 27.5 Å². The topological polar surface area (TPSA) is 29.5 Å². The van der Waals surface area contributed by atoms with Crippen molar-refractivity contribution in [2.75, 3.05) is 37.8 Å². The van der Waals surface area contributed by atoms with Gasteiger partial charge >= 0.3 is 0 Å². The van der Waals surface area contributed by atoms with Crippen LogP contribution in [-0.4, -0.2) is 48.6 Å². The molecule has 0 saturated carbocycles. The van der Waals surface area contributed by atoms with Gasteiger partial charge in [0, 0.05) is 44.2 Å². The molecule has 88 valence electrons. The summed E-state index contributed by atoms with van der Waals surface area (Å²) < 4.78 is 5.22. The van der Waals surface area contributed by atoms with Crippen LogP contribution < -0.4 is 0 Å². The van der Waals surface area contributed by atoms with Crippen molar-refractivity contribution in [2.24, 2.45) is 0 Å². The van der Waals surface area contributed by atoms with E-state index < -0.39 is 0 Å². The summed E-state index contributed by atoms with van der Waals surface area (Å²) in [6.07, 6.45) is 1.48. The number of amides is 1. The summed E-state index contributed by atoms with van der Waals surface area (Å²) in [5.41, 5.74) is 0. The Hall–Kier alpha value is 0.130. The molecule has 5 heteroatoms. The van der Waals surface area contributed by atoms with Crippen LogP contribution >= 0.6 is 21.6 Å². The number of carbonyl (C=O) groups is 1. The Labute approximate surface area is 99.7 Å². The van der Waals surface area contributed by atoms with Crippen LogP contribution in [0.3, 0.4) is 0 Å². The summed E-state index contributed by atoms with van der Waals surface area (Å²) in [7, 11) is 3.73. The molecule has 0 spiro atoms. The Morgan fingerprint density at radius 1 is 1.33 bits per heavy atom. The second-order valence-corrected chi connectivity index (χ2v) is 6.03. The van der Waals surface area contributed by atoms with Gasteiger partial charge in [0.2, 0.25) is 5.91 Å². The Morgan fingerprint density at radius 2 is 2.00 bits per heavy atom. The molecule has 0 bridgehead atoms. The van der Waals surface area contributed by atoms with Crippen molar-refractivity contribution in [3.63, 3.8) is 0 Å². The monoisotopic (exact) mass is 249 g/mol. The van der Waals surface area contributed by atoms with Crippen LogP contribution in [0.25, 0.3) is 0 Å². The predicted octanol–water partition coefficient (Wildman–Crippen LogP) is 2.03. The Balaban J connectivity index is 2.14. The van der Waals surface area contributed by atoms with Gasteiger partial charge in [-0.05, 0) is 13.3 Å². The largest absolute Gasteiger partial charge is 0.382 e. The van der Waals surface area contributed by atoms with Crippen molar-refractivity contribution < 1.29 is 9.53 Å². The molecule has 0 N–H and O–H groups in total. The molecule has 0 aromatic carbocycles. The molecule has 1 heterocycles. The summed E-state index contributed by atoms with van der Waals surface area (Å²) in [5, 5.41) is 0. The van der Waals surface area contributed by atoms with Crippen LogP contribution in [0.5, 0.6) is 0 Å². The first-order valence-electron chi connectivity index (χ1n) is 5.44. The van der Waals surface area contributed by atoms with E-state index >= 15 is 0 Å². The van der Waals surface area contributed by atoms with E-state index in [2.05, 4.69) is 0 Å². The maximum Gasteiger partial charge on any atom is 0.222 e. The molecule has 1 fully saturated rings. The van der Waals surface area contributed by atoms with E-state index in [1.807, 2.05) is 33.4 Å². The lowest BCUT2D eigenvalue weighted by molar-refractivity contribution is -0.131. The highest BCUT2D eigenvalue weighted by molar-refractivity contribution is 8.76. The van der Waals surface area contributed by atoms with Crippen molar-refractivity contribution in [1.82, 2.24) is 4.90 Å². The zero-order valence-corrected chi connectivity index (χ0v) is 10.9. The van der Waals surface area contributed by atoms with E-state index in [0.29, 0.717) is 13.0 Å². The zero-order chi connectivity index (χ0) is 10.9. The molecule has 1 amide bonds.